The molecule has 1 aromatic carbocycles. The summed E-state index contributed by atoms with van der Waals surface area (Å²) in [4.78, 5) is 38.4. The van der Waals surface area contributed by atoms with E-state index in [2.05, 4.69) is 13.8 Å². The molecule has 1 aromatic rings. The van der Waals surface area contributed by atoms with E-state index < -0.39 is 35.1 Å². The molecule has 0 radical (unpaired) electrons. The van der Waals surface area contributed by atoms with E-state index in [1.165, 1.54) is 0 Å². The van der Waals surface area contributed by atoms with Crippen LogP contribution in [0.1, 0.15) is 44.5 Å². The lowest BCUT2D eigenvalue weighted by Gasteiger charge is -2.48. The second-order valence-corrected chi connectivity index (χ2v) is 11.3. The average Bonchev–Trinajstić information content (AvgIpc) is 3.32. The molecule has 2 saturated carbocycles. The molecular weight excluding hydrogens is 448 g/mol. The van der Waals surface area contributed by atoms with Gasteiger partial charge in [-0.15, -0.1) is 0 Å². The number of allylic oxidation sites excluding steroid dienone is 1. The van der Waals surface area contributed by atoms with Crippen molar-refractivity contribution in [3.05, 3.63) is 59.2 Å². The lowest BCUT2D eigenvalue weighted by molar-refractivity contribution is -0.191. The molecule has 0 heterocycles. The SMILES string of the molecule is CC1=CC23C(=O)C(C=C(COC=O)C(O)C2(O)C1OC(=O)c1ccccc1)C1C(CC3C)C1(C)C. The molecular formula is C28H32O7. The van der Waals surface area contributed by atoms with Crippen LogP contribution in [0.25, 0.3) is 0 Å². The minimum absolute atomic E-state index is 0.0530. The highest BCUT2D eigenvalue weighted by atomic mass is 16.6. The van der Waals surface area contributed by atoms with E-state index in [1.807, 2.05) is 6.92 Å². The first-order chi connectivity index (χ1) is 16.5. The third kappa shape index (κ3) is 3.07. The molecule has 8 unspecified atom stereocenters. The van der Waals surface area contributed by atoms with Gasteiger partial charge in [-0.1, -0.05) is 51.1 Å². The van der Waals surface area contributed by atoms with E-state index in [-0.39, 0.29) is 47.6 Å². The molecule has 0 aromatic heterocycles. The third-order valence-corrected chi connectivity index (χ3v) is 9.27. The highest BCUT2D eigenvalue weighted by Gasteiger charge is 2.76. The molecule has 186 valence electrons. The van der Waals surface area contributed by atoms with Gasteiger partial charge in [-0.25, -0.2) is 4.79 Å². The number of ketones is 1. The summed E-state index contributed by atoms with van der Waals surface area (Å²) in [6.45, 7) is 7.94. The van der Waals surface area contributed by atoms with Gasteiger partial charge in [0.05, 0.1) is 11.0 Å². The van der Waals surface area contributed by atoms with Gasteiger partial charge in [-0.3, -0.25) is 9.59 Å². The Morgan fingerprint density at radius 2 is 1.91 bits per heavy atom. The number of carbonyl (C=O) groups is 3. The third-order valence-electron chi connectivity index (χ3n) is 9.27. The Balaban J connectivity index is 1.65. The lowest BCUT2D eigenvalue weighted by Crippen LogP contribution is -2.65. The number of carbonyl (C=O) groups excluding carboxylic acids is 3. The second-order valence-electron chi connectivity index (χ2n) is 11.3. The fourth-order valence-corrected chi connectivity index (χ4v) is 7.46. The van der Waals surface area contributed by atoms with Crippen LogP contribution in [0, 0.1) is 34.5 Å². The van der Waals surface area contributed by atoms with Crippen molar-refractivity contribution in [3.63, 3.8) is 0 Å². The fraction of sp³-hybridized carbons (Fsp3) is 0.536. The quantitative estimate of drug-likeness (QED) is 0.379. The van der Waals surface area contributed by atoms with Crippen molar-refractivity contribution in [2.75, 3.05) is 6.61 Å². The number of hydrogen-bond donors (Lipinski definition) is 2. The molecule has 5 rings (SSSR count). The number of rotatable bonds is 5. The van der Waals surface area contributed by atoms with Gasteiger partial charge in [0.2, 0.25) is 0 Å². The van der Waals surface area contributed by atoms with E-state index in [0.717, 1.165) is 0 Å². The first kappa shape index (κ1) is 23.9. The second kappa shape index (κ2) is 7.87. The van der Waals surface area contributed by atoms with Crippen molar-refractivity contribution in [2.45, 2.75) is 51.9 Å². The number of aliphatic hydroxyl groups is 2. The molecule has 0 aliphatic heterocycles. The van der Waals surface area contributed by atoms with Crippen molar-refractivity contribution in [1.29, 1.82) is 0 Å². The number of hydrogen-bond acceptors (Lipinski definition) is 7. The lowest BCUT2D eigenvalue weighted by atomic mass is 9.59. The predicted octanol–water partition coefficient (Wildman–Crippen LogP) is 2.86. The summed E-state index contributed by atoms with van der Waals surface area (Å²) in [5, 5.41) is 24.2. The molecule has 4 aliphatic rings. The van der Waals surface area contributed by atoms with Gasteiger partial charge in [0.1, 0.15) is 12.7 Å². The Bertz CT molecular complexity index is 1140. The molecule has 7 heteroatoms. The standard InChI is InChI=1S/C28H32O7/c1-15-12-27-16(2)10-20-21(26(20,3)4)19(23(27)31)11-18(13-34-14-29)22(30)28(27,33)24(15)35-25(32)17-8-6-5-7-9-17/h5-9,11-12,14,16,19-22,24,30,33H,10,13H2,1-4H3. The molecule has 0 saturated heterocycles. The molecule has 8 atom stereocenters. The van der Waals surface area contributed by atoms with Crippen molar-refractivity contribution < 1.29 is 34.1 Å². The molecule has 1 spiro atoms. The summed E-state index contributed by atoms with van der Waals surface area (Å²) in [7, 11) is 0. The maximum absolute atomic E-state index is 14.4. The van der Waals surface area contributed by atoms with Crippen LogP contribution in [0.5, 0.6) is 0 Å². The zero-order valence-corrected chi connectivity index (χ0v) is 20.4. The fourth-order valence-electron chi connectivity index (χ4n) is 7.46. The highest BCUT2D eigenvalue weighted by molar-refractivity contribution is 5.96. The van der Waals surface area contributed by atoms with E-state index >= 15 is 0 Å². The van der Waals surface area contributed by atoms with Crippen LogP contribution in [-0.4, -0.2) is 52.9 Å². The smallest absolute Gasteiger partial charge is 0.338 e. The van der Waals surface area contributed by atoms with Gasteiger partial charge in [0.25, 0.3) is 6.47 Å². The largest absolute Gasteiger partial charge is 0.463 e. The van der Waals surface area contributed by atoms with Crippen LogP contribution in [-0.2, 0) is 19.1 Å². The van der Waals surface area contributed by atoms with Gasteiger partial charge >= 0.3 is 5.97 Å². The van der Waals surface area contributed by atoms with E-state index in [1.54, 1.807) is 49.4 Å². The van der Waals surface area contributed by atoms with Gasteiger partial charge in [0, 0.05) is 5.92 Å². The van der Waals surface area contributed by atoms with Gasteiger partial charge in [-0.05, 0) is 59.8 Å². The summed E-state index contributed by atoms with van der Waals surface area (Å²) >= 11 is 0. The summed E-state index contributed by atoms with van der Waals surface area (Å²) < 4.78 is 10.8. The monoisotopic (exact) mass is 480 g/mol. The molecule has 2 N–H and O–H groups in total. The normalized spacial score (nSPS) is 40.8. The number of benzene rings is 1. The summed E-state index contributed by atoms with van der Waals surface area (Å²) in [5.41, 5.74) is -2.60. The van der Waals surface area contributed by atoms with Crippen molar-refractivity contribution >= 4 is 18.2 Å². The first-order valence-corrected chi connectivity index (χ1v) is 12.2. The molecule has 2 bridgehead atoms. The summed E-state index contributed by atoms with van der Waals surface area (Å²) in [6, 6.07) is 8.40. The maximum atomic E-state index is 14.4. The van der Waals surface area contributed by atoms with Gasteiger partial charge in [-0.2, -0.15) is 0 Å². The van der Waals surface area contributed by atoms with Crippen molar-refractivity contribution in [1.82, 2.24) is 0 Å². The van der Waals surface area contributed by atoms with E-state index in [9.17, 15) is 24.6 Å². The maximum Gasteiger partial charge on any atom is 0.338 e. The summed E-state index contributed by atoms with van der Waals surface area (Å²) in [6.07, 6.45) is 1.29. The van der Waals surface area contributed by atoms with Crippen molar-refractivity contribution in [2.24, 2.45) is 34.5 Å². The molecule has 0 amide bonds. The van der Waals surface area contributed by atoms with Crippen LogP contribution in [0.2, 0.25) is 0 Å². The Morgan fingerprint density at radius 1 is 1.23 bits per heavy atom. The van der Waals surface area contributed by atoms with Crippen LogP contribution in [0.15, 0.2) is 53.6 Å². The highest BCUT2D eigenvalue weighted by Crippen LogP contribution is 2.71. The number of esters is 1. The minimum atomic E-state index is -2.15. The van der Waals surface area contributed by atoms with Crippen LogP contribution in [0.3, 0.4) is 0 Å². The first-order valence-electron chi connectivity index (χ1n) is 12.2. The molecule has 2 fully saturated rings. The molecule has 35 heavy (non-hydrogen) atoms. The van der Waals surface area contributed by atoms with Crippen LogP contribution in [0.4, 0.5) is 0 Å². The number of aliphatic hydroxyl groups excluding tert-OH is 1. The Hall–Kier alpha value is -2.77. The number of Topliss-reactive ketones (excluding diaryl/α,β-unsaturated/α-hetero) is 1. The van der Waals surface area contributed by atoms with E-state index in [0.29, 0.717) is 17.6 Å². The zero-order chi connectivity index (χ0) is 25.3. The Morgan fingerprint density at radius 3 is 2.57 bits per heavy atom. The Kier molecular flexibility index (Phi) is 5.38. The number of fused-ring (bicyclic) bond motifs is 3. The molecule has 4 aliphatic carbocycles. The van der Waals surface area contributed by atoms with Gasteiger partial charge < -0.3 is 19.7 Å². The van der Waals surface area contributed by atoms with Crippen molar-refractivity contribution in [3.8, 4) is 0 Å². The Labute approximate surface area is 204 Å². The predicted molar refractivity (Wildman–Crippen MR) is 126 cm³/mol. The van der Waals surface area contributed by atoms with E-state index in [4.69, 9.17) is 9.47 Å². The zero-order valence-electron chi connectivity index (χ0n) is 20.4. The average molecular weight is 481 g/mol. The topological polar surface area (TPSA) is 110 Å². The molecule has 7 nitrogen and oxygen atoms in total. The summed E-state index contributed by atoms with van der Waals surface area (Å²) in [5.74, 6) is -1.38. The van der Waals surface area contributed by atoms with Crippen LogP contribution < -0.4 is 0 Å². The minimum Gasteiger partial charge on any atom is -0.463 e. The number of ether oxygens (including phenoxy) is 2. The van der Waals surface area contributed by atoms with Gasteiger partial charge in [0.15, 0.2) is 17.5 Å². The van der Waals surface area contributed by atoms with Crippen LogP contribution >= 0.6 is 0 Å².